The van der Waals surface area contributed by atoms with Gasteiger partial charge in [0.25, 0.3) is 0 Å². The van der Waals surface area contributed by atoms with Gasteiger partial charge in [0.15, 0.2) is 0 Å². The van der Waals surface area contributed by atoms with Crippen LogP contribution in [0.3, 0.4) is 0 Å². The molecule has 1 aliphatic rings. The zero-order valence-corrected chi connectivity index (χ0v) is 10.1. The van der Waals surface area contributed by atoms with Gasteiger partial charge >= 0.3 is 0 Å². The molecule has 0 radical (unpaired) electrons. The number of pyridine rings is 1. The van der Waals surface area contributed by atoms with Gasteiger partial charge in [-0.3, -0.25) is 9.88 Å². The summed E-state index contributed by atoms with van der Waals surface area (Å²) >= 11 is 5.82. The lowest BCUT2D eigenvalue weighted by molar-refractivity contribution is 0.236. The van der Waals surface area contributed by atoms with Crippen LogP contribution in [0.5, 0.6) is 5.75 Å². The first-order valence-corrected chi connectivity index (χ1v) is 6.27. The van der Waals surface area contributed by atoms with E-state index in [0.717, 1.165) is 24.5 Å². The van der Waals surface area contributed by atoms with E-state index in [-0.39, 0.29) is 0 Å². The zero-order chi connectivity index (χ0) is 11.2. The molecule has 3 nitrogen and oxygen atoms in total. The smallest absolute Gasteiger partial charge is 0.142 e. The van der Waals surface area contributed by atoms with Crippen LogP contribution in [0.1, 0.15) is 18.4 Å². The van der Waals surface area contributed by atoms with Gasteiger partial charge in [0.2, 0.25) is 0 Å². The summed E-state index contributed by atoms with van der Waals surface area (Å²) in [5.41, 5.74) is 1.01. The first-order valence-electron chi connectivity index (χ1n) is 5.74. The van der Waals surface area contributed by atoms with E-state index in [1.54, 1.807) is 12.4 Å². The molecule has 1 aromatic rings. The fourth-order valence-electron chi connectivity index (χ4n) is 1.94. The molecule has 2 rings (SSSR count). The first kappa shape index (κ1) is 11.7. The Bertz CT molecular complexity index is 327. The van der Waals surface area contributed by atoms with Crippen molar-refractivity contribution in [3.63, 3.8) is 0 Å². The van der Waals surface area contributed by atoms with Crippen LogP contribution in [0.4, 0.5) is 0 Å². The SMILES string of the molecule is ClCc1ccncc1OCCN1CCCC1. The summed E-state index contributed by atoms with van der Waals surface area (Å²) in [6.45, 7) is 4.13. The minimum Gasteiger partial charge on any atom is -0.490 e. The maximum absolute atomic E-state index is 5.82. The molecule has 2 heterocycles. The summed E-state index contributed by atoms with van der Waals surface area (Å²) in [5, 5.41) is 0. The molecule has 0 atom stereocenters. The second kappa shape index (κ2) is 6.06. The Morgan fingerprint density at radius 3 is 2.94 bits per heavy atom. The van der Waals surface area contributed by atoms with Crippen LogP contribution in [-0.2, 0) is 5.88 Å². The number of halogens is 1. The standard InChI is InChI=1S/C12H17ClN2O/c13-9-11-3-4-14-10-12(11)16-8-7-15-5-1-2-6-15/h3-4,10H,1-2,5-9H2. The van der Waals surface area contributed by atoms with Crippen molar-refractivity contribution in [1.29, 1.82) is 0 Å². The highest BCUT2D eigenvalue weighted by Crippen LogP contribution is 2.18. The third-order valence-corrected chi connectivity index (χ3v) is 3.17. The lowest BCUT2D eigenvalue weighted by atomic mass is 10.3. The number of aromatic nitrogens is 1. The molecular formula is C12H17ClN2O. The molecule has 0 amide bonds. The minimum atomic E-state index is 0.474. The van der Waals surface area contributed by atoms with E-state index in [1.807, 2.05) is 6.07 Å². The predicted molar refractivity (Wildman–Crippen MR) is 65.0 cm³/mol. The highest BCUT2D eigenvalue weighted by molar-refractivity contribution is 6.17. The average molecular weight is 241 g/mol. The van der Waals surface area contributed by atoms with E-state index >= 15 is 0 Å². The van der Waals surface area contributed by atoms with Crippen LogP contribution in [0.2, 0.25) is 0 Å². The van der Waals surface area contributed by atoms with Gasteiger partial charge in [0.1, 0.15) is 12.4 Å². The molecule has 0 N–H and O–H groups in total. The topological polar surface area (TPSA) is 25.4 Å². The van der Waals surface area contributed by atoms with E-state index in [4.69, 9.17) is 16.3 Å². The Balaban J connectivity index is 1.79. The number of nitrogens with zero attached hydrogens (tertiary/aromatic N) is 2. The van der Waals surface area contributed by atoms with E-state index in [0.29, 0.717) is 5.88 Å². The summed E-state index contributed by atoms with van der Waals surface area (Å²) < 4.78 is 5.70. The van der Waals surface area contributed by atoms with Gasteiger partial charge in [-0.25, -0.2) is 0 Å². The van der Waals surface area contributed by atoms with E-state index < -0.39 is 0 Å². The van der Waals surface area contributed by atoms with Crippen molar-refractivity contribution in [3.05, 3.63) is 24.0 Å². The Morgan fingerprint density at radius 2 is 2.19 bits per heavy atom. The number of rotatable bonds is 5. The fraction of sp³-hybridized carbons (Fsp3) is 0.583. The van der Waals surface area contributed by atoms with E-state index in [9.17, 15) is 0 Å². The molecule has 16 heavy (non-hydrogen) atoms. The highest BCUT2D eigenvalue weighted by Gasteiger charge is 2.11. The summed E-state index contributed by atoms with van der Waals surface area (Å²) in [5.74, 6) is 1.29. The van der Waals surface area contributed by atoms with Crippen LogP contribution < -0.4 is 4.74 Å². The van der Waals surface area contributed by atoms with Crippen LogP contribution in [0.15, 0.2) is 18.5 Å². The highest BCUT2D eigenvalue weighted by atomic mass is 35.5. The fourth-order valence-corrected chi connectivity index (χ4v) is 2.16. The molecule has 0 bridgehead atoms. The van der Waals surface area contributed by atoms with Crippen molar-refractivity contribution in [2.45, 2.75) is 18.7 Å². The number of hydrogen-bond acceptors (Lipinski definition) is 3. The van der Waals surface area contributed by atoms with Crippen LogP contribution in [0, 0.1) is 0 Å². The molecule has 1 saturated heterocycles. The van der Waals surface area contributed by atoms with Gasteiger partial charge in [0.05, 0.1) is 12.1 Å². The third-order valence-electron chi connectivity index (χ3n) is 2.88. The van der Waals surface area contributed by atoms with Crippen molar-refractivity contribution in [2.75, 3.05) is 26.2 Å². The Kier molecular flexibility index (Phi) is 4.43. The maximum Gasteiger partial charge on any atom is 0.142 e. The lowest BCUT2D eigenvalue weighted by Crippen LogP contribution is -2.25. The first-order chi connectivity index (χ1) is 7.90. The second-order valence-electron chi connectivity index (χ2n) is 4.01. The monoisotopic (exact) mass is 240 g/mol. The number of hydrogen-bond donors (Lipinski definition) is 0. The lowest BCUT2D eigenvalue weighted by Gasteiger charge is -2.15. The molecule has 0 aromatic carbocycles. The summed E-state index contributed by atoms with van der Waals surface area (Å²) in [7, 11) is 0. The molecule has 88 valence electrons. The van der Waals surface area contributed by atoms with Gasteiger partial charge in [-0.15, -0.1) is 11.6 Å². The molecule has 0 spiro atoms. The maximum atomic E-state index is 5.82. The Morgan fingerprint density at radius 1 is 1.38 bits per heavy atom. The molecule has 0 saturated carbocycles. The summed E-state index contributed by atoms with van der Waals surface area (Å²) in [4.78, 5) is 6.47. The van der Waals surface area contributed by atoms with Crippen LogP contribution in [-0.4, -0.2) is 36.1 Å². The molecule has 0 unspecified atom stereocenters. The van der Waals surface area contributed by atoms with Crippen molar-refractivity contribution in [1.82, 2.24) is 9.88 Å². The average Bonchev–Trinajstić information content (AvgIpc) is 2.83. The van der Waals surface area contributed by atoms with Gasteiger partial charge in [-0.1, -0.05) is 0 Å². The normalized spacial score (nSPS) is 16.6. The number of ether oxygens (including phenoxy) is 1. The van der Waals surface area contributed by atoms with Crippen LogP contribution in [0.25, 0.3) is 0 Å². The zero-order valence-electron chi connectivity index (χ0n) is 9.36. The van der Waals surface area contributed by atoms with Gasteiger partial charge in [-0.2, -0.15) is 0 Å². The Labute approximate surface area is 101 Å². The largest absolute Gasteiger partial charge is 0.490 e. The molecule has 1 aromatic heterocycles. The van der Waals surface area contributed by atoms with Crippen molar-refractivity contribution in [2.24, 2.45) is 0 Å². The molecule has 4 heteroatoms. The van der Waals surface area contributed by atoms with Crippen molar-refractivity contribution < 1.29 is 4.74 Å². The van der Waals surface area contributed by atoms with Crippen molar-refractivity contribution in [3.8, 4) is 5.75 Å². The van der Waals surface area contributed by atoms with Crippen LogP contribution >= 0.6 is 11.6 Å². The van der Waals surface area contributed by atoms with E-state index in [2.05, 4.69) is 9.88 Å². The number of likely N-dealkylation sites (tertiary alicyclic amines) is 1. The molecule has 1 fully saturated rings. The minimum absolute atomic E-state index is 0.474. The van der Waals surface area contributed by atoms with Gasteiger partial charge in [0, 0.05) is 18.3 Å². The predicted octanol–water partition coefficient (Wildman–Crippen LogP) is 2.29. The summed E-state index contributed by atoms with van der Waals surface area (Å²) in [6, 6.07) is 1.90. The quantitative estimate of drug-likeness (QED) is 0.739. The Hall–Kier alpha value is -0.800. The molecule has 1 aliphatic heterocycles. The molecular weight excluding hydrogens is 224 g/mol. The third kappa shape index (κ3) is 3.09. The van der Waals surface area contributed by atoms with E-state index in [1.165, 1.54) is 25.9 Å². The van der Waals surface area contributed by atoms with Crippen molar-refractivity contribution >= 4 is 11.6 Å². The number of alkyl halides is 1. The summed E-state index contributed by atoms with van der Waals surface area (Å²) in [6.07, 6.45) is 6.12. The van der Waals surface area contributed by atoms with Gasteiger partial charge < -0.3 is 4.74 Å². The molecule has 0 aliphatic carbocycles. The van der Waals surface area contributed by atoms with Gasteiger partial charge in [-0.05, 0) is 32.0 Å². The second-order valence-corrected chi connectivity index (χ2v) is 4.28.